The van der Waals surface area contributed by atoms with Gasteiger partial charge in [0.25, 0.3) is 5.56 Å². The maximum absolute atomic E-state index is 15.0. The number of H-pyrrole nitrogens is 1. The van der Waals surface area contributed by atoms with Crippen LogP contribution < -0.4 is 10.5 Å². The van der Waals surface area contributed by atoms with E-state index in [9.17, 15) is 14.0 Å². The van der Waals surface area contributed by atoms with Crippen molar-refractivity contribution < 1.29 is 18.3 Å². The minimum absolute atomic E-state index is 0.0210. The number of fused-ring (bicyclic) bond motifs is 1. The van der Waals surface area contributed by atoms with Gasteiger partial charge in [0.05, 0.1) is 16.6 Å². The Hall–Kier alpha value is -3.34. The smallest absolute Gasteiger partial charge is 0.274 e. The number of rotatable bonds is 4. The summed E-state index contributed by atoms with van der Waals surface area (Å²) >= 11 is 0. The molecule has 1 fully saturated rings. The molecular formula is C23H28F2N6O3. The molecule has 1 N–H and O–H groups in total. The molecule has 0 bridgehead atoms. The van der Waals surface area contributed by atoms with Crippen LogP contribution in [0.3, 0.4) is 0 Å². The fraction of sp³-hybridized carbons (Fsp3) is 0.478. The third-order valence-electron chi connectivity index (χ3n) is 5.82. The van der Waals surface area contributed by atoms with E-state index in [2.05, 4.69) is 15.1 Å². The number of hydrogen-bond donors (Lipinski definition) is 1. The number of benzene rings is 1. The van der Waals surface area contributed by atoms with E-state index in [4.69, 9.17) is 4.74 Å². The standard InChI is InChI=1S/C23H28F2N6O3/c1-13-11-30(6-7-31(13)17(32)12-34-23(2,3)4)22-26-9-14(10-27-22)18-16(24)8-15-20(19(18)25)28-29(5)21(15)33/h8-10,13,28H,6-7,11-12H2,1-5H3/t13-/m1/s1. The molecule has 0 unspecified atom stereocenters. The van der Waals surface area contributed by atoms with Gasteiger partial charge in [-0.2, -0.15) is 0 Å². The maximum Gasteiger partial charge on any atom is 0.274 e. The van der Waals surface area contributed by atoms with Crippen molar-refractivity contribution in [3.8, 4) is 11.1 Å². The summed E-state index contributed by atoms with van der Waals surface area (Å²) in [6, 6.07) is 0.933. The topological polar surface area (TPSA) is 96.4 Å². The van der Waals surface area contributed by atoms with Crippen LogP contribution in [0.25, 0.3) is 22.0 Å². The Bertz CT molecular complexity index is 1280. The molecule has 2 aromatic heterocycles. The SMILES string of the molecule is C[C@@H]1CN(c2ncc(-c3c(F)cc4c(=O)n(C)[nH]c4c3F)cn2)CCN1C(=O)COC(C)(C)C. The number of aryl methyl sites for hydroxylation is 1. The molecular weight excluding hydrogens is 446 g/mol. The zero-order chi connectivity index (χ0) is 24.8. The monoisotopic (exact) mass is 474 g/mol. The van der Waals surface area contributed by atoms with Gasteiger partial charge in [-0.3, -0.25) is 19.4 Å². The van der Waals surface area contributed by atoms with E-state index in [1.165, 1.54) is 19.4 Å². The van der Waals surface area contributed by atoms with Crippen molar-refractivity contribution >= 4 is 22.8 Å². The number of nitrogens with one attached hydrogen (secondary N) is 1. The highest BCUT2D eigenvalue weighted by molar-refractivity contribution is 5.85. The van der Waals surface area contributed by atoms with Crippen LogP contribution in [0, 0.1) is 11.6 Å². The molecule has 0 radical (unpaired) electrons. The Kier molecular flexibility index (Phi) is 6.15. The van der Waals surface area contributed by atoms with Gasteiger partial charge < -0.3 is 14.5 Å². The molecule has 1 aliphatic heterocycles. The lowest BCUT2D eigenvalue weighted by molar-refractivity contribution is -0.143. The predicted octanol–water partition coefficient (Wildman–Crippen LogP) is 2.45. The summed E-state index contributed by atoms with van der Waals surface area (Å²) in [6.07, 6.45) is 2.71. The molecule has 4 rings (SSSR count). The van der Waals surface area contributed by atoms with E-state index in [0.29, 0.717) is 25.6 Å². The highest BCUT2D eigenvalue weighted by Crippen LogP contribution is 2.30. The number of halogens is 2. The van der Waals surface area contributed by atoms with Crippen LogP contribution in [-0.2, 0) is 16.6 Å². The highest BCUT2D eigenvalue weighted by atomic mass is 19.1. The summed E-state index contributed by atoms with van der Waals surface area (Å²) in [7, 11) is 1.43. The normalized spacial score (nSPS) is 17.0. The first-order valence-corrected chi connectivity index (χ1v) is 11.0. The van der Waals surface area contributed by atoms with E-state index >= 15 is 4.39 Å². The minimum Gasteiger partial charge on any atom is -0.366 e. The number of amides is 1. The first-order valence-electron chi connectivity index (χ1n) is 11.0. The van der Waals surface area contributed by atoms with Crippen LogP contribution in [0.2, 0.25) is 0 Å². The maximum atomic E-state index is 15.0. The zero-order valence-corrected chi connectivity index (χ0v) is 19.9. The predicted molar refractivity (Wildman–Crippen MR) is 124 cm³/mol. The summed E-state index contributed by atoms with van der Waals surface area (Å²) in [5.41, 5.74) is -1.12. The van der Waals surface area contributed by atoms with Crippen LogP contribution in [0.15, 0.2) is 23.3 Å². The van der Waals surface area contributed by atoms with Crippen LogP contribution in [0.4, 0.5) is 14.7 Å². The Morgan fingerprint density at radius 2 is 1.91 bits per heavy atom. The molecule has 1 atom stereocenters. The Morgan fingerprint density at radius 1 is 1.24 bits per heavy atom. The van der Waals surface area contributed by atoms with Crippen molar-refractivity contribution in [3.63, 3.8) is 0 Å². The summed E-state index contributed by atoms with van der Waals surface area (Å²) < 4.78 is 36.4. The summed E-state index contributed by atoms with van der Waals surface area (Å²) in [5.74, 6) is -1.40. The molecule has 3 aromatic rings. The number of carbonyl (C=O) groups is 1. The quantitative estimate of drug-likeness (QED) is 0.624. The molecule has 9 nitrogen and oxygen atoms in total. The van der Waals surface area contributed by atoms with Gasteiger partial charge in [0.1, 0.15) is 17.9 Å². The van der Waals surface area contributed by atoms with Crippen molar-refractivity contribution in [2.24, 2.45) is 7.05 Å². The number of anilines is 1. The fourth-order valence-corrected chi connectivity index (χ4v) is 4.05. The second-order valence-corrected chi connectivity index (χ2v) is 9.50. The van der Waals surface area contributed by atoms with Gasteiger partial charge in [0.2, 0.25) is 11.9 Å². The largest absolute Gasteiger partial charge is 0.366 e. The number of nitrogens with zero attached hydrogens (tertiary/aromatic N) is 5. The van der Waals surface area contributed by atoms with E-state index in [-0.39, 0.29) is 40.6 Å². The van der Waals surface area contributed by atoms with Gasteiger partial charge in [-0.25, -0.2) is 18.7 Å². The molecule has 11 heteroatoms. The van der Waals surface area contributed by atoms with E-state index in [1.54, 1.807) is 4.90 Å². The molecule has 34 heavy (non-hydrogen) atoms. The molecule has 0 aliphatic carbocycles. The van der Waals surface area contributed by atoms with Crippen molar-refractivity contribution in [1.29, 1.82) is 0 Å². The van der Waals surface area contributed by atoms with E-state index in [1.807, 2.05) is 32.6 Å². The van der Waals surface area contributed by atoms with Gasteiger partial charge in [-0.1, -0.05) is 0 Å². The first-order chi connectivity index (χ1) is 16.0. The van der Waals surface area contributed by atoms with Crippen LogP contribution in [0.1, 0.15) is 27.7 Å². The van der Waals surface area contributed by atoms with Gasteiger partial charge in [0.15, 0.2) is 5.82 Å². The molecule has 0 spiro atoms. The van der Waals surface area contributed by atoms with Crippen molar-refractivity contribution in [1.82, 2.24) is 24.6 Å². The molecule has 182 valence electrons. The molecule has 1 aromatic carbocycles. The van der Waals surface area contributed by atoms with Gasteiger partial charge in [0, 0.05) is 50.7 Å². The Labute approximate surface area is 195 Å². The second kappa shape index (κ2) is 8.79. The van der Waals surface area contributed by atoms with Crippen molar-refractivity contribution in [3.05, 3.63) is 40.4 Å². The average molecular weight is 475 g/mol. The number of aromatic nitrogens is 4. The van der Waals surface area contributed by atoms with Gasteiger partial charge >= 0.3 is 0 Å². The van der Waals surface area contributed by atoms with Crippen LogP contribution in [-0.4, -0.2) is 68.4 Å². The lowest BCUT2D eigenvalue weighted by Crippen LogP contribution is -2.55. The third kappa shape index (κ3) is 4.52. The van der Waals surface area contributed by atoms with Crippen LogP contribution in [0.5, 0.6) is 0 Å². The van der Waals surface area contributed by atoms with Gasteiger partial charge in [-0.05, 0) is 33.8 Å². The molecule has 1 aliphatic rings. The third-order valence-corrected chi connectivity index (χ3v) is 5.82. The molecule has 1 amide bonds. The first kappa shape index (κ1) is 23.8. The number of hydrogen-bond acceptors (Lipinski definition) is 6. The Morgan fingerprint density at radius 3 is 2.53 bits per heavy atom. The summed E-state index contributed by atoms with van der Waals surface area (Å²) in [5, 5.41) is 2.54. The lowest BCUT2D eigenvalue weighted by atomic mass is 10.1. The average Bonchev–Trinajstić information content (AvgIpc) is 3.06. The molecule has 0 saturated carbocycles. The number of aromatic amines is 1. The van der Waals surface area contributed by atoms with Crippen molar-refractivity contribution in [2.75, 3.05) is 31.1 Å². The number of piperazine rings is 1. The van der Waals surface area contributed by atoms with Gasteiger partial charge in [-0.15, -0.1) is 0 Å². The fourth-order valence-electron chi connectivity index (χ4n) is 4.05. The minimum atomic E-state index is -0.873. The number of carbonyl (C=O) groups excluding carboxylic acids is 1. The second-order valence-electron chi connectivity index (χ2n) is 9.50. The zero-order valence-electron chi connectivity index (χ0n) is 19.9. The Balaban J connectivity index is 1.50. The molecule has 3 heterocycles. The molecule has 1 saturated heterocycles. The summed E-state index contributed by atoms with van der Waals surface area (Å²) in [4.78, 5) is 36.9. The van der Waals surface area contributed by atoms with Crippen molar-refractivity contribution in [2.45, 2.75) is 39.3 Å². The number of ether oxygens (including phenoxy) is 1. The van der Waals surface area contributed by atoms with E-state index < -0.39 is 22.8 Å². The van der Waals surface area contributed by atoms with Crippen LogP contribution >= 0.6 is 0 Å². The van der Waals surface area contributed by atoms with E-state index in [0.717, 1.165) is 10.7 Å². The highest BCUT2D eigenvalue weighted by Gasteiger charge is 2.29. The summed E-state index contributed by atoms with van der Waals surface area (Å²) in [6.45, 7) is 9.18. The lowest BCUT2D eigenvalue weighted by Gasteiger charge is -2.40.